The van der Waals surface area contributed by atoms with Crippen LogP contribution in [0, 0.1) is 11.6 Å². The average molecular weight is 362 g/mol. The lowest BCUT2D eigenvalue weighted by molar-refractivity contribution is 0.291. The second kappa shape index (κ2) is 8.39. The van der Waals surface area contributed by atoms with Crippen LogP contribution in [-0.2, 0) is 0 Å². The SMILES string of the molecule is CCCCCOc1ccc2c(oc3c(F)c(OCCCC)ccc32)c1F. The van der Waals surface area contributed by atoms with E-state index in [0.29, 0.717) is 24.0 Å². The monoisotopic (exact) mass is 362 g/mol. The number of fused-ring (bicyclic) bond motifs is 3. The van der Waals surface area contributed by atoms with Gasteiger partial charge in [0.25, 0.3) is 0 Å². The summed E-state index contributed by atoms with van der Waals surface area (Å²) in [5.74, 6) is -0.934. The maximum atomic E-state index is 14.7. The van der Waals surface area contributed by atoms with E-state index in [4.69, 9.17) is 13.9 Å². The van der Waals surface area contributed by atoms with E-state index >= 15 is 0 Å². The summed E-state index contributed by atoms with van der Waals surface area (Å²) in [5, 5.41) is 1.05. The van der Waals surface area contributed by atoms with Crippen LogP contribution < -0.4 is 9.47 Å². The smallest absolute Gasteiger partial charge is 0.208 e. The highest BCUT2D eigenvalue weighted by molar-refractivity contribution is 6.06. The van der Waals surface area contributed by atoms with Crippen LogP contribution >= 0.6 is 0 Å². The molecule has 140 valence electrons. The molecule has 3 rings (SSSR count). The molecular weight excluding hydrogens is 338 g/mol. The van der Waals surface area contributed by atoms with Crippen molar-refractivity contribution in [3.63, 3.8) is 0 Å². The average Bonchev–Trinajstić information content (AvgIpc) is 3.03. The van der Waals surface area contributed by atoms with E-state index in [1.54, 1.807) is 24.3 Å². The van der Waals surface area contributed by atoms with Crippen molar-refractivity contribution in [2.45, 2.75) is 46.0 Å². The Bertz CT molecular complexity index is 886. The maximum absolute atomic E-state index is 14.7. The van der Waals surface area contributed by atoms with Gasteiger partial charge in [-0.2, -0.15) is 8.78 Å². The van der Waals surface area contributed by atoms with E-state index in [-0.39, 0.29) is 22.7 Å². The molecule has 2 aromatic carbocycles. The summed E-state index contributed by atoms with van der Waals surface area (Å²) in [7, 11) is 0. The van der Waals surface area contributed by atoms with Crippen LogP contribution in [0.25, 0.3) is 21.9 Å². The van der Waals surface area contributed by atoms with Gasteiger partial charge in [0.1, 0.15) is 0 Å². The highest BCUT2D eigenvalue weighted by Gasteiger charge is 2.20. The summed E-state index contributed by atoms with van der Waals surface area (Å²) in [6.07, 6.45) is 4.75. The number of halogens is 2. The molecule has 0 amide bonds. The standard InChI is InChI=1S/C21H24F2O3/c1-3-5-7-13-25-17-11-9-15-14-8-10-16(24-12-6-4-2)18(22)20(14)26-21(15)19(17)23/h8-11H,3-7,12-13H2,1-2H3. The molecule has 0 N–H and O–H groups in total. The molecule has 0 saturated heterocycles. The van der Waals surface area contributed by atoms with Crippen molar-refractivity contribution in [1.82, 2.24) is 0 Å². The Labute approximate surface area is 151 Å². The number of hydrogen-bond donors (Lipinski definition) is 0. The van der Waals surface area contributed by atoms with Gasteiger partial charge in [0.2, 0.25) is 11.6 Å². The number of unbranched alkanes of at least 4 members (excludes halogenated alkanes) is 3. The maximum Gasteiger partial charge on any atom is 0.208 e. The molecule has 0 saturated carbocycles. The van der Waals surface area contributed by atoms with Crippen LogP contribution in [0.15, 0.2) is 28.7 Å². The van der Waals surface area contributed by atoms with Crippen molar-refractivity contribution in [1.29, 1.82) is 0 Å². The second-order valence-corrected chi connectivity index (χ2v) is 6.37. The van der Waals surface area contributed by atoms with Crippen molar-refractivity contribution in [2.24, 2.45) is 0 Å². The third kappa shape index (κ3) is 3.62. The van der Waals surface area contributed by atoms with Crippen molar-refractivity contribution in [3.8, 4) is 11.5 Å². The molecule has 1 aromatic heterocycles. The highest BCUT2D eigenvalue weighted by atomic mass is 19.1. The topological polar surface area (TPSA) is 31.6 Å². The zero-order valence-electron chi connectivity index (χ0n) is 15.2. The van der Waals surface area contributed by atoms with Gasteiger partial charge in [0, 0.05) is 10.8 Å². The Morgan fingerprint density at radius 2 is 1.23 bits per heavy atom. The van der Waals surface area contributed by atoms with Crippen LogP contribution in [0.2, 0.25) is 0 Å². The summed E-state index contributed by atoms with van der Waals surface area (Å²) in [5.41, 5.74) is 0.0219. The molecule has 0 aliphatic heterocycles. The Morgan fingerprint density at radius 1 is 0.731 bits per heavy atom. The Morgan fingerprint density at radius 3 is 1.73 bits per heavy atom. The van der Waals surface area contributed by atoms with Crippen molar-refractivity contribution in [3.05, 3.63) is 35.9 Å². The first kappa shape index (κ1) is 18.5. The summed E-state index contributed by atoms with van der Waals surface area (Å²) >= 11 is 0. The van der Waals surface area contributed by atoms with Crippen molar-refractivity contribution >= 4 is 21.9 Å². The predicted octanol–water partition coefficient (Wildman–Crippen LogP) is 6.61. The zero-order valence-corrected chi connectivity index (χ0v) is 15.2. The Balaban J connectivity index is 1.93. The van der Waals surface area contributed by atoms with Gasteiger partial charge in [-0.1, -0.05) is 33.1 Å². The van der Waals surface area contributed by atoms with Gasteiger partial charge in [-0.05, 0) is 37.1 Å². The van der Waals surface area contributed by atoms with Crippen LogP contribution in [0.3, 0.4) is 0 Å². The van der Waals surface area contributed by atoms with E-state index in [1.165, 1.54) is 0 Å². The van der Waals surface area contributed by atoms with Crippen molar-refractivity contribution in [2.75, 3.05) is 13.2 Å². The number of furan rings is 1. The molecule has 5 heteroatoms. The minimum Gasteiger partial charge on any atom is -0.490 e. The van der Waals surface area contributed by atoms with Gasteiger partial charge < -0.3 is 13.9 Å². The third-order valence-corrected chi connectivity index (χ3v) is 4.38. The van der Waals surface area contributed by atoms with E-state index in [1.807, 2.05) is 6.92 Å². The van der Waals surface area contributed by atoms with Gasteiger partial charge in [-0.15, -0.1) is 0 Å². The number of ether oxygens (including phenoxy) is 2. The zero-order chi connectivity index (χ0) is 18.5. The number of benzene rings is 2. The highest BCUT2D eigenvalue weighted by Crippen LogP contribution is 2.37. The lowest BCUT2D eigenvalue weighted by atomic mass is 10.1. The molecule has 3 nitrogen and oxygen atoms in total. The molecule has 0 aliphatic rings. The minimum atomic E-state index is -0.598. The van der Waals surface area contributed by atoms with Crippen LogP contribution in [0.4, 0.5) is 8.78 Å². The van der Waals surface area contributed by atoms with Gasteiger partial charge >= 0.3 is 0 Å². The summed E-state index contributed by atoms with van der Waals surface area (Å²) < 4.78 is 45.9. The molecular formula is C21H24F2O3. The normalized spacial score (nSPS) is 11.4. The molecule has 0 atom stereocenters. The van der Waals surface area contributed by atoms with Crippen molar-refractivity contribution < 1.29 is 22.7 Å². The van der Waals surface area contributed by atoms with Gasteiger partial charge in [0.05, 0.1) is 13.2 Å². The molecule has 0 unspecified atom stereocenters. The number of hydrogen-bond acceptors (Lipinski definition) is 3. The van der Waals surface area contributed by atoms with Gasteiger partial charge in [0.15, 0.2) is 22.7 Å². The predicted molar refractivity (Wildman–Crippen MR) is 99.1 cm³/mol. The summed E-state index contributed by atoms with van der Waals surface area (Å²) in [4.78, 5) is 0. The minimum absolute atomic E-state index is 0.0102. The largest absolute Gasteiger partial charge is 0.490 e. The third-order valence-electron chi connectivity index (χ3n) is 4.38. The molecule has 0 aliphatic carbocycles. The molecule has 0 fully saturated rings. The van der Waals surface area contributed by atoms with E-state index < -0.39 is 11.6 Å². The molecule has 0 radical (unpaired) electrons. The molecule has 26 heavy (non-hydrogen) atoms. The van der Waals surface area contributed by atoms with Crippen LogP contribution in [-0.4, -0.2) is 13.2 Å². The summed E-state index contributed by atoms with van der Waals surface area (Å²) in [6, 6.07) is 6.54. The van der Waals surface area contributed by atoms with E-state index in [2.05, 4.69) is 6.92 Å². The lowest BCUT2D eigenvalue weighted by Gasteiger charge is -2.06. The van der Waals surface area contributed by atoms with E-state index in [0.717, 1.165) is 32.1 Å². The first-order valence-corrected chi connectivity index (χ1v) is 9.26. The Hall–Kier alpha value is -2.30. The van der Waals surface area contributed by atoms with Crippen LogP contribution in [0.1, 0.15) is 46.0 Å². The van der Waals surface area contributed by atoms with Crippen LogP contribution in [0.5, 0.6) is 11.5 Å². The molecule has 0 spiro atoms. The lowest BCUT2D eigenvalue weighted by Crippen LogP contribution is -1.99. The second-order valence-electron chi connectivity index (χ2n) is 6.37. The van der Waals surface area contributed by atoms with Gasteiger partial charge in [-0.3, -0.25) is 0 Å². The molecule has 0 bridgehead atoms. The quantitative estimate of drug-likeness (QED) is 0.401. The van der Waals surface area contributed by atoms with E-state index in [9.17, 15) is 8.78 Å². The Kier molecular flexibility index (Phi) is 5.96. The molecule has 1 heterocycles. The fourth-order valence-corrected chi connectivity index (χ4v) is 2.89. The molecule has 3 aromatic rings. The fourth-order valence-electron chi connectivity index (χ4n) is 2.89. The van der Waals surface area contributed by atoms with Gasteiger partial charge in [-0.25, -0.2) is 0 Å². The fraction of sp³-hybridized carbons (Fsp3) is 0.429. The summed E-state index contributed by atoms with van der Waals surface area (Å²) in [6.45, 7) is 5.01. The first-order valence-electron chi connectivity index (χ1n) is 9.26. The first-order chi connectivity index (χ1) is 12.7. The number of rotatable bonds is 9.